The number of aliphatic carboxylic acids is 1. The Morgan fingerprint density at radius 2 is 2.00 bits per heavy atom. The van der Waals surface area contributed by atoms with E-state index >= 15 is 0 Å². The Morgan fingerprint density at radius 3 is 2.56 bits per heavy atom. The number of hydrogen-bond donors (Lipinski definition) is 1. The Balaban J connectivity index is 2.81. The van der Waals surface area contributed by atoms with Gasteiger partial charge in [-0.3, -0.25) is 4.79 Å². The smallest absolute Gasteiger partial charge is 0.305 e. The summed E-state index contributed by atoms with van der Waals surface area (Å²) in [6.07, 6.45) is 1.16. The van der Waals surface area contributed by atoms with Crippen molar-refractivity contribution in [3.63, 3.8) is 0 Å². The van der Waals surface area contributed by atoms with Crippen LogP contribution in [0.15, 0.2) is 24.3 Å². The molecule has 0 amide bonds. The molecule has 0 aliphatic heterocycles. The first-order valence-corrected chi connectivity index (χ1v) is 5.73. The van der Waals surface area contributed by atoms with Gasteiger partial charge in [-0.1, -0.05) is 25.1 Å². The van der Waals surface area contributed by atoms with Crippen LogP contribution >= 0.6 is 0 Å². The van der Waals surface area contributed by atoms with Crippen molar-refractivity contribution >= 4 is 11.7 Å². The molecule has 0 saturated carbocycles. The van der Waals surface area contributed by atoms with Gasteiger partial charge >= 0.3 is 5.97 Å². The molecule has 0 atom stereocenters. The maximum atomic E-state index is 10.6. The zero-order valence-electron chi connectivity index (χ0n) is 9.94. The normalized spacial score (nSPS) is 10.1. The fraction of sp³-hybridized carbons (Fsp3) is 0.462. The van der Waals surface area contributed by atoms with Crippen LogP contribution in [0.2, 0.25) is 0 Å². The lowest BCUT2D eigenvalue weighted by molar-refractivity contribution is -0.136. The van der Waals surface area contributed by atoms with Crippen LogP contribution in [0.1, 0.15) is 25.8 Å². The molecular weight excluding hydrogens is 202 g/mol. The molecule has 0 saturated heterocycles. The average Bonchev–Trinajstić information content (AvgIpc) is 2.30. The lowest BCUT2D eigenvalue weighted by Gasteiger charge is -2.24. The van der Waals surface area contributed by atoms with Crippen LogP contribution in [-0.2, 0) is 11.2 Å². The molecule has 1 aromatic rings. The van der Waals surface area contributed by atoms with Gasteiger partial charge in [-0.25, -0.2) is 0 Å². The van der Waals surface area contributed by atoms with Crippen molar-refractivity contribution in [3.8, 4) is 0 Å². The quantitative estimate of drug-likeness (QED) is 0.802. The lowest BCUT2D eigenvalue weighted by Crippen LogP contribution is -2.26. The Morgan fingerprint density at radius 1 is 1.31 bits per heavy atom. The molecule has 16 heavy (non-hydrogen) atoms. The second-order valence-electron chi connectivity index (χ2n) is 3.71. The van der Waals surface area contributed by atoms with Crippen molar-refractivity contribution in [1.82, 2.24) is 0 Å². The number of anilines is 1. The summed E-state index contributed by atoms with van der Waals surface area (Å²) in [4.78, 5) is 12.7. The standard InChI is InChI=1S/C13H19NO2/c1-3-11-7-5-6-8-12(11)14(4-2)10-9-13(15)16/h5-8H,3-4,9-10H2,1-2H3,(H,15,16). The molecule has 0 spiro atoms. The van der Waals surface area contributed by atoms with Crippen molar-refractivity contribution in [2.45, 2.75) is 26.7 Å². The third-order valence-electron chi connectivity index (χ3n) is 2.69. The summed E-state index contributed by atoms with van der Waals surface area (Å²) in [5, 5.41) is 8.70. The Hall–Kier alpha value is -1.51. The summed E-state index contributed by atoms with van der Waals surface area (Å²) in [5.41, 5.74) is 2.43. The van der Waals surface area contributed by atoms with Gasteiger partial charge in [0.05, 0.1) is 6.42 Å². The molecular formula is C13H19NO2. The van der Waals surface area contributed by atoms with Gasteiger partial charge in [0, 0.05) is 18.8 Å². The van der Waals surface area contributed by atoms with E-state index in [0.717, 1.165) is 18.7 Å². The third-order valence-corrected chi connectivity index (χ3v) is 2.69. The van der Waals surface area contributed by atoms with E-state index in [2.05, 4.69) is 24.0 Å². The van der Waals surface area contributed by atoms with Crippen LogP contribution in [-0.4, -0.2) is 24.2 Å². The summed E-state index contributed by atoms with van der Waals surface area (Å²) in [7, 11) is 0. The predicted octanol–water partition coefficient (Wildman–Crippen LogP) is 2.55. The Kier molecular flexibility index (Phi) is 4.83. The van der Waals surface area contributed by atoms with Crippen LogP contribution in [0.3, 0.4) is 0 Å². The number of aryl methyl sites for hydroxylation is 1. The summed E-state index contributed by atoms with van der Waals surface area (Å²) in [5.74, 6) is -0.743. The van der Waals surface area contributed by atoms with Crippen LogP contribution in [0, 0.1) is 0 Å². The monoisotopic (exact) mass is 221 g/mol. The topological polar surface area (TPSA) is 40.5 Å². The van der Waals surface area contributed by atoms with Crippen molar-refractivity contribution in [1.29, 1.82) is 0 Å². The largest absolute Gasteiger partial charge is 0.481 e. The van der Waals surface area contributed by atoms with E-state index in [1.165, 1.54) is 5.56 Å². The van der Waals surface area contributed by atoms with E-state index in [-0.39, 0.29) is 6.42 Å². The summed E-state index contributed by atoms with van der Waals surface area (Å²) in [6, 6.07) is 8.17. The number of carboxylic acids is 1. The SMILES string of the molecule is CCc1ccccc1N(CC)CCC(=O)O. The minimum absolute atomic E-state index is 0.186. The van der Waals surface area contributed by atoms with Gasteiger partial charge in [-0.2, -0.15) is 0 Å². The molecule has 0 unspecified atom stereocenters. The van der Waals surface area contributed by atoms with Gasteiger partial charge in [0.15, 0.2) is 0 Å². The van der Waals surface area contributed by atoms with Crippen LogP contribution in [0.5, 0.6) is 0 Å². The number of benzene rings is 1. The maximum Gasteiger partial charge on any atom is 0.305 e. The Labute approximate surface area is 96.7 Å². The van der Waals surface area contributed by atoms with Crippen LogP contribution in [0.4, 0.5) is 5.69 Å². The number of para-hydroxylation sites is 1. The fourth-order valence-electron chi connectivity index (χ4n) is 1.80. The number of hydrogen-bond acceptors (Lipinski definition) is 2. The fourth-order valence-corrected chi connectivity index (χ4v) is 1.80. The molecule has 0 radical (unpaired) electrons. The van der Waals surface area contributed by atoms with E-state index in [4.69, 9.17) is 5.11 Å². The van der Waals surface area contributed by atoms with Gasteiger partial charge in [0.1, 0.15) is 0 Å². The first kappa shape index (κ1) is 12.6. The van der Waals surface area contributed by atoms with Crippen molar-refractivity contribution in [2.24, 2.45) is 0 Å². The Bertz CT molecular complexity index is 350. The molecule has 0 bridgehead atoms. The van der Waals surface area contributed by atoms with E-state index < -0.39 is 5.97 Å². The van der Waals surface area contributed by atoms with Gasteiger partial charge < -0.3 is 10.0 Å². The number of carbonyl (C=O) groups is 1. The molecule has 1 rings (SSSR count). The van der Waals surface area contributed by atoms with Crippen molar-refractivity contribution < 1.29 is 9.90 Å². The van der Waals surface area contributed by atoms with Gasteiger partial charge in [-0.05, 0) is 25.0 Å². The molecule has 1 N–H and O–H groups in total. The van der Waals surface area contributed by atoms with E-state index in [0.29, 0.717) is 6.54 Å². The zero-order chi connectivity index (χ0) is 12.0. The second-order valence-corrected chi connectivity index (χ2v) is 3.71. The lowest BCUT2D eigenvalue weighted by atomic mass is 10.1. The zero-order valence-corrected chi connectivity index (χ0v) is 9.94. The molecule has 3 nitrogen and oxygen atoms in total. The summed E-state index contributed by atoms with van der Waals surface area (Å²) in [6.45, 7) is 5.57. The third kappa shape index (κ3) is 3.26. The molecule has 3 heteroatoms. The van der Waals surface area contributed by atoms with Crippen LogP contribution in [0.25, 0.3) is 0 Å². The van der Waals surface area contributed by atoms with Gasteiger partial charge in [-0.15, -0.1) is 0 Å². The highest BCUT2D eigenvalue weighted by Gasteiger charge is 2.09. The molecule has 0 heterocycles. The number of nitrogens with zero attached hydrogens (tertiary/aromatic N) is 1. The first-order chi connectivity index (χ1) is 7.69. The van der Waals surface area contributed by atoms with Crippen molar-refractivity contribution in [2.75, 3.05) is 18.0 Å². The first-order valence-electron chi connectivity index (χ1n) is 5.73. The highest BCUT2D eigenvalue weighted by molar-refractivity contribution is 5.68. The van der Waals surface area contributed by atoms with Gasteiger partial charge in [0.25, 0.3) is 0 Å². The molecule has 0 aliphatic carbocycles. The molecule has 1 aromatic carbocycles. The summed E-state index contributed by atoms with van der Waals surface area (Å²) >= 11 is 0. The molecule has 0 aromatic heterocycles. The molecule has 0 fully saturated rings. The minimum Gasteiger partial charge on any atom is -0.481 e. The number of carboxylic acid groups (broad SMARTS) is 1. The van der Waals surface area contributed by atoms with Crippen LogP contribution < -0.4 is 4.90 Å². The average molecular weight is 221 g/mol. The predicted molar refractivity (Wildman–Crippen MR) is 66.0 cm³/mol. The highest BCUT2D eigenvalue weighted by atomic mass is 16.4. The minimum atomic E-state index is -0.743. The highest BCUT2D eigenvalue weighted by Crippen LogP contribution is 2.20. The van der Waals surface area contributed by atoms with E-state index in [9.17, 15) is 4.79 Å². The number of rotatable bonds is 6. The molecule has 88 valence electrons. The van der Waals surface area contributed by atoms with Gasteiger partial charge in [0.2, 0.25) is 0 Å². The maximum absolute atomic E-state index is 10.6. The molecule has 0 aliphatic rings. The van der Waals surface area contributed by atoms with Crippen molar-refractivity contribution in [3.05, 3.63) is 29.8 Å². The second kappa shape index (κ2) is 6.16. The van der Waals surface area contributed by atoms with E-state index in [1.54, 1.807) is 0 Å². The summed E-state index contributed by atoms with van der Waals surface area (Å²) < 4.78 is 0. The van der Waals surface area contributed by atoms with E-state index in [1.807, 2.05) is 19.1 Å².